The van der Waals surface area contributed by atoms with Gasteiger partial charge in [-0.3, -0.25) is 0 Å². The molecule has 0 saturated carbocycles. The maximum atomic E-state index is 2.56. The van der Waals surface area contributed by atoms with E-state index >= 15 is 0 Å². The van der Waals surface area contributed by atoms with E-state index in [0.29, 0.717) is 0 Å². The Labute approximate surface area is 369 Å². The molecule has 0 aliphatic heterocycles. The first kappa shape index (κ1) is 36.0. The lowest BCUT2D eigenvalue weighted by molar-refractivity contribution is 0.660. The Morgan fingerprint density at radius 1 is 0.333 bits per heavy atom. The van der Waals surface area contributed by atoms with Crippen molar-refractivity contribution in [2.45, 2.75) is 24.7 Å². The summed E-state index contributed by atoms with van der Waals surface area (Å²) in [6.07, 6.45) is 0. The number of hydrogen-bond acceptors (Lipinski definition) is 1. The average Bonchev–Trinajstić information content (AvgIpc) is 3.91. The summed E-state index contributed by atoms with van der Waals surface area (Å²) in [5.41, 5.74) is 23.6. The van der Waals surface area contributed by atoms with Gasteiger partial charge in [0.1, 0.15) is 0 Å². The van der Waals surface area contributed by atoms with Crippen LogP contribution in [0.4, 0.5) is 17.1 Å². The number of fused-ring (bicyclic) bond motifs is 14. The molecular weight excluding hydrogens is 759 g/mol. The maximum absolute atomic E-state index is 2.56. The van der Waals surface area contributed by atoms with Crippen LogP contribution in [-0.2, 0) is 10.8 Å². The second kappa shape index (κ2) is 13.4. The summed E-state index contributed by atoms with van der Waals surface area (Å²) < 4.78 is 0. The van der Waals surface area contributed by atoms with Crippen molar-refractivity contribution in [2.24, 2.45) is 0 Å². The fraction of sp³-hybridized carbons (Fsp3) is 0.0645. The summed E-state index contributed by atoms with van der Waals surface area (Å²) in [7, 11) is 0. The molecule has 1 atom stereocenters. The van der Waals surface area contributed by atoms with E-state index in [2.05, 4.69) is 243 Å². The molecule has 63 heavy (non-hydrogen) atoms. The van der Waals surface area contributed by atoms with Crippen LogP contribution >= 0.6 is 0 Å². The molecule has 1 spiro atoms. The highest BCUT2D eigenvalue weighted by molar-refractivity contribution is 6.03. The van der Waals surface area contributed by atoms with Gasteiger partial charge in [-0.1, -0.05) is 208 Å². The second-order valence-electron chi connectivity index (χ2n) is 17.9. The van der Waals surface area contributed by atoms with Gasteiger partial charge in [0, 0.05) is 22.4 Å². The Balaban J connectivity index is 1.10. The predicted octanol–water partition coefficient (Wildman–Crippen LogP) is 16.3. The van der Waals surface area contributed by atoms with Gasteiger partial charge in [-0.05, 0) is 125 Å². The van der Waals surface area contributed by atoms with Gasteiger partial charge < -0.3 is 4.90 Å². The average molecular weight is 802 g/mol. The zero-order valence-electron chi connectivity index (χ0n) is 35.3. The van der Waals surface area contributed by atoms with E-state index in [9.17, 15) is 0 Å². The first-order valence-electron chi connectivity index (χ1n) is 22.2. The molecule has 0 heterocycles. The third kappa shape index (κ3) is 4.94. The van der Waals surface area contributed by atoms with Crippen LogP contribution in [0.2, 0.25) is 0 Å². The summed E-state index contributed by atoms with van der Waals surface area (Å²) in [5, 5.41) is 2.51. The van der Waals surface area contributed by atoms with Gasteiger partial charge in [-0.2, -0.15) is 0 Å². The molecular formula is C62H43N. The molecule has 0 aromatic heterocycles. The van der Waals surface area contributed by atoms with Crippen molar-refractivity contribution < 1.29 is 0 Å². The van der Waals surface area contributed by atoms with E-state index in [-0.39, 0.29) is 5.41 Å². The topological polar surface area (TPSA) is 3.24 Å². The molecule has 0 bridgehead atoms. The SMILES string of the molecule is CC1(C)c2ccccc2-c2ccc(N(c3ccc(-c4cccc5ccccc45)cc3)c3cccc4c3C3(c5ccccc5-4)c4ccccc4-c4c(-c5ccccc5)cccc43)cc21. The Morgan fingerprint density at radius 3 is 1.67 bits per heavy atom. The van der Waals surface area contributed by atoms with E-state index in [1.54, 1.807) is 0 Å². The standard InChI is InChI=1S/C62H43N/c1-61(2)53-28-11-8-22-48(53)50-38-37-44(39-57(50)61)63(43-35-33-42(34-36-43)46-25-14-20-40-19-6-7-21-45(40)46)58-32-16-27-51-49-23-9-12-29-54(49)62(60(51)58)55-30-13-10-24-52(55)59-47(26-15-31-56(59)62)41-17-4-3-5-18-41/h3-39H,1-2H3. The van der Waals surface area contributed by atoms with Crippen LogP contribution in [0.1, 0.15) is 47.2 Å². The highest BCUT2D eigenvalue weighted by atomic mass is 15.1. The third-order valence-corrected chi connectivity index (χ3v) is 14.5. The minimum Gasteiger partial charge on any atom is -0.310 e. The fourth-order valence-corrected chi connectivity index (χ4v) is 11.8. The first-order chi connectivity index (χ1) is 31.0. The van der Waals surface area contributed by atoms with Crippen LogP contribution in [0.5, 0.6) is 0 Å². The van der Waals surface area contributed by atoms with Crippen LogP contribution in [-0.4, -0.2) is 0 Å². The molecule has 0 N–H and O–H groups in total. The molecule has 1 heteroatoms. The Morgan fingerprint density at radius 2 is 0.857 bits per heavy atom. The summed E-state index contributed by atoms with van der Waals surface area (Å²) in [6.45, 7) is 4.76. The minimum absolute atomic E-state index is 0.154. The molecule has 0 radical (unpaired) electrons. The van der Waals surface area contributed by atoms with Gasteiger partial charge in [-0.25, -0.2) is 0 Å². The lowest BCUT2D eigenvalue weighted by atomic mass is 9.69. The molecule has 296 valence electrons. The van der Waals surface area contributed by atoms with E-state index in [0.717, 1.165) is 11.4 Å². The predicted molar refractivity (Wildman–Crippen MR) is 263 cm³/mol. The largest absolute Gasteiger partial charge is 0.310 e. The van der Waals surface area contributed by atoms with Crippen LogP contribution in [0.3, 0.4) is 0 Å². The van der Waals surface area contributed by atoms with Crippen molar-refractivity contribution >= 4 is 27.8 Å². The van der Waals surface area contributed by atoms with Gasteiger partial charge in [-0.15, -0.1) is 0 Å². The minimum atomic E-state index is -0.563. The number of nitrogens with zero attached hydrogens (tertiary/aromatic N) is 1. The molecule has 13 rings (SSSR count). The smallest absolute Gasteiger partial charge is 0.0746 e. The number of benzene rings is 10. The van der Waals surface area contributed by atoms with Crippen molar-refractivity contribution in [1.29, 1.82) is 0 Å². The Kier molecular flexibility index (Phi) is 7.64. The number of anilines is 3. The van der Waals surface area contributed by atoms with Crippen molar-refractivity contribution in [3.8, 4) is 55.6 Å². The van der Waals surface area contributed by atoms with Crippen LogP contribution < -0.4 is 4.90 Å². The van der Waals surface area contributed by atoms with Gasteiger partial charge in [0.2, 0.25) is 0 Å². The summed E-state index contributed by atoms with van der Waals surface area (Å²) in [6, 6.07) is 84.1. The molecule has 0 saturated heterocycles. The quantitative estimate of drug-likeness (QED) is 0.168. The lowest BCUT2D eigenvalue weighted by Gasteiger charge is -2.36. The lowest BCUT2D eigenvalue weighted by Crippen LogP contribution is -2.28. The molecule has 3 aliphatic carbocycles. The molecule has 3 aliphatic rings. The normalized spacial score (nSPS) is 15.7. The Bertz CT molecular complexity index is 3480. The van der Waals surface area contributed by atoms with Crippen molar-refractivity contribution in [1.82, 2.24) is 0 Å². The van der Waals surface area contributed by atoms with Crippen molar-refractivity contribution in [3.63, 3.8) is 0 Å². The van der Waals surface area contributed by atoms with Crippen LogP contribution in [0.15, 0.2) is 224 Å². The molecule has 1 unspecified atom stereocenters. The summed E-state index contributed by atoms with van der Waals surface area (Å²) in [5.74, 6) is 0. The van der Waals surface area contributed by atoms with Crippen LogP contribution in [0.25, 0.3) is 66.4 Å². The zero-order chi connectivity index (χ0) is 41.9. The molecule has 0 amide bonds. The highest BCUT2D eigenvalue weighted by Gasteiger charge is 2.54. The van der Waals surface area contributed by atoms with E-state index in [1.165, 1.54) is 105 Å². The molecule has 10 aromatic rings. The van der Waals surface area contributed by atoms with Gasteiger partial charge in [0.15, 0.2) is 0 Å². The molecule has 1 nitrogen and oxygen atoms in total. The van der Waals surface area contributed by atoms with Gasteiger partial charge >= 0.3 is 0 Å². The Hall–Kier alpha value is -7.74. The van der Waals surface area contributed by atoms with E-state index < -0.39 is 5.41 Å². The highest BCUT2D eigenvalue weighted by Crippen LogP contribution is 2.66. The van der Waals surface area contributed by atoms with Gasteiger partial charge in [0.05, 0.1) is 11.1 Å². The monoisotopic (exact) mass is 801 g/mol. The fourth-order valence-electron chi connectivity index (χ4n) is 11.8. The van der Waals surface area contributed by atoms with Crippen molar-refractivity contribution in [2.75, 3.05) is 4.90 Å². The molecule has 10 aromatic carbocycles. The van der Waals surface area contributed by atoms with Gasteiger partial charge in [0.25, 0.3) is 0 Å². The third-order valence-electron chi connectivity index (χ3n) is 14.5. The summed E-state index contributed by atoms with van der Waals surface area (Å²) >= 11 is 0. The van der Waals surface area contributed by atoms with Crippen molar-refractivity contribution in [3.05, 3.63) is 258 Å². The number of hydrogen-bond donors (Lipinski definition) is 0. The first-order valence-corrected chi connectivity index (χ1v) is 22.2. The molecule has 0 fully saturated rings. The van der Waals surface area contributed by atoms with Crippen LogP contribution in [0, 0.1) is 0 Å². The van der Waals surface area contributed by atoms with E-state index in [1.807, 2.05) is 0 Å². The van der Waals surface area contributed by atoms with E-state index in [4.69, 9.17) is 0 Å². The summed E-state index contributed by atoms with van der Waals surface area (Å²) in [4.78, 5) is 2.56. The number of rotatable bonds is 5. The zero-order valence-corrected chi connectivity index (χ0v) is 35.3. The maximum Gasteiger partial charge on any atom is 0.0746 e. The second-order valence-corrected chi connectivity index (χ2v) is 17.9.